The Balaban J connectivity index is 1.08. The molecule has 1 heterocycles. The van der Waals surface area contributed by atoms with Crippen molar-refractivity contribution in [2.75, 3.05) is 0 Å². The van der Waals surface area contributed by atoms with Crippen molar-refractivity contribution < 1.29 is 9.90 Å². The second-order valence-electron chi connectivity index (χ2n) is 13.1. The number of thiophene rings is 1. The largest absolute Gasteiger partial charge is 0.481 e. The Morgan fingerprint density at radius 2 is 1.86 bits per heavy atom. The number of carboxylic acid groups (broad SMARTS) is 1. The molecule has 2 aromatic rings. The molecule has 4 aliphatic carbocycles. The van der Waals surface area contributed by atoms with E-state index in [1.807, 2.05) is 23.3 Å². The molecule has 6 rings (SSSR count). The third kappa shape index (κ3) is 4.45. The van der Waals surface area contributed by atoms with E-state index in [4.69, 9.17) is 5.11 Å². The first-order valence-electron chi connectivity index (χ1n) is 14.5. The van der Waals surface area contributed by atoms with Crippen LogP contribution in [0.1, 0.15) is 90.9 Å². The average Bonchev–Trinajstić information content (AvgIpc) is 3.43. The molecule has 7 unspecified atom stereocenters. The maximum atomic E-state index is 11.1. The summed E-state index contributed by atoms with van der Waals surface area (Å²) in [6.07, 6.45) is 14.8. The molecule has 0 radical (unpaired) electrons. The molecule has 5 heteroatoms. The lowest BCUT2D eigenvalue weighted by molar-refractivity contribution is -0.137. The Bertz CT molecular complexity index is 1070. The molecule has 3 nitrogen and oxygen atoms in total. The van der Waals surface area contributed by atoms with E-state index in [1.165, 1.54) is 72.1 Å². The van der Waals surface area contributed by atoms with E-state index in [2.05, 4.69) is 48.9 Å². The highest BCUT2D eigenvalue weighted by Crippen LogP contribution is 2.68. The minimum absolute atomic E-state index is 0.347. The summed E-state index contributed by atoms with van der Waals surface area (Å²) < 4.78 is 6.66. The van der Waals surface area contributed by atoms with Crippen molar-refractivity contribution in [3.8, 4) is 0 Å². The predicted molar refractivity (Wildman–Crippen MR) is 151 cm³/mol. The Morgan fingerprint density at radius 1 is 1.06 bits per heavy atom. The fourth-order valence-corrected chi connectivity index (χ4v) is 11.7. The van der Waals surface area contributed by atoms with Gasteiger partial charge in [0.1, 0.15) is 0 Å². The number of hydrogen-bond acceptors (Lipinski definition) is 4. The Labute approximate surface area is 225 Å². The molecule has 0 saturated heterocycles. The van der Waals surface area contributed by atoms with Crippen LogP contribution in [0.25, 0.3) is 10.1 Å². The average molecular weight is 526 g/mol. The van der Waals surface area contributed by atoms with Gasteiger partial charge in [0.15, 0.2) is 0 Å². The number of rotatable bonds is 7. The van der Waals surface area contributed by atoms with Gasteiger partial charge in [-0.1, -0.05) is 32.0 Å². The van der Waals surface area contributed by atoms with Crippen LogP contribution in [0.4, 0.5) is 0 Å². The van der Waals surface area contributed by atoms with Crippen molar-refractivity contribution in [3.63, 3.8) is 0 Å². The molecule has 0 bridgehead atoms. The predicted octanol–water partition coefficient (Wildman–Crippen LogP) is 8.78. The highest BCUT2D eigenvalue weighted by Gasteiger charge is 2.59. The molecule has 1 aromatic carbocycles. The van der Waals surface area contributed by atoms with E-state index in [-0.39, 0.29) is 0 Å². The molecule has 4 fully saturated rings. The number of benzene rings is 1. The number of fused-ring (bicyclic) bond motifs is 6. The fraction of sp³-hybridized carbons (Fsp3) is 0.710. The van der Waals surface area contributed by atoms with E-state index >= 15 is 0 Å². The third-order valence-electron chi connectivity index (χ3n) is 11.5. The van der Waals surface area contributed by atoms with Crippen LogP contribution in [0.3, 0.4) is 0 Å². The first-order valence-corrected chi connectivity index (χ1v) is 16.1. The second-order valence-corrected chi connectivity index (χ2v) is 15.3. The summed E-state index contributed by atoms with van der Waals surface area (Å²) in [6.45, 7) is 5.26. The molecule has 8 atom stereocenters. The van der Waals surface area contributed by atoms with Gasteiger partial charge in [-0.15, -0.1) is 11.3 Å². The van der Waals surface area contributed by atoms with Crippen LogP contribution in [0, 0.1) is 40.4 Å². The summed E-state index contributed by atoms with van der Waals surface area (Å²) in [7, 11) is 0. The van der Waals surface area contributed by atoms with Gasteiger partial charge in [0.2, 0.25) is 0 Å². The highest BCUT2D eigenvalue weighted by atomic mass is 32.2. The molecule has 0 amide bonds. The van der Waals surface area contributed by atoms with E-state index in [9.17, 15) is 4.79 Å². The smallest absolute Gasteiger partial charge is 0.303 e. The Kier molecular flexibility index (Phi) is 6.96. The van der Waals surface area contributed by atoms with E-state index in [0.29, 0.717) is 23.3 Å². The minimum Gasteiger partial charge on any atom is -0.481 e. The highest BCUT2D eigenvalue weighted by molar-refractivity contribution is 7.99. The molecular formula is C31H43NO2S2. The SMILES string of the molecule is CC12CCC3C(CCC4C[C@H](NSc5cc6ccccc6s5)CCC43C)C1CCC2CCCC(=O)O. The summed E-state index contributed by atoms with van der Waals surface area (Å²) in [5.74, 6) is 3.68. The van der Waals surface area contributed by atoms with Crippen LogP contribution in [-0.2, 0) is 4.79 Å². The first-order chi connectivity index (χ1) is 17.4. The van der Waals surface area contributed by atoms with E-state index in [0.717, 1.165) is 42.4 Å². The molecule has 36 heavy (non-hydrogen) atoms. The summed E-state index contributed by atoms with van der Waals surface area (Å²) in [4.78, 5) is 11.1. The van der Waals surface area contributed by atoms with Crippen LogP contribution in [0.5, 0.6) is 0 Å². The summed E-state index contributed by atoms with van der Waals surface area (Å²) in [6, 6.07) is 11.7. The molecule has 0 spiro atoms. The van der Waals surface area contributed by atoms with Crippen LogP contribution >= 0.6 is 23.3 Å². The molecule has 2 N–H and O–H groups in total. The van der Waals surface area contributed by atoms with Crippen LogP contribution in [-0.4, -0.2) is 17.1 Å². The zero-order valence-electron chi connectivity index (χ0n) is 22.0. The summed E-state index contributed by atoms with van der Waals surface area (Å²) >= 11 is 3.77. The van der Waals surface area contributed by atoms with Gasteiger partial charge >= 0.3 is 5.97 Å². The first kappa shape index (κ1) is 25.2. The van der Waals surface area contributed by atoms with Gasteiger partial charge in [-0.2, -0.15) is 0 Å². The standard InChI is InChI=1S/C31H43NO2S2/c1-30-17-15-26-24(25(30)13-11-21(30)7-5-9-28(33)34)12-10-22-19-23(14-16-31(22,26)2)32-36-29-18-20-6-3-4-8-27(20)35-29/h3-4,6,8,18,21-26,32H,5,7,9-17,19H2,1-2H3,(H,33,34)/t21?,22?,23-,24?,25?,26?,30?,31?/m1/s1. The number of carboxylic acids is 1. The zero-order chi connectivity index (χ0) is 24.9. The minimum atomic E-state index is -0.628. The van der Waals surface area contributed by atoms with E-state index in [1.54, 1.807) is 0 Å². The van der Waals surface area contributed by atoms with Crippen LogP contribution < -0.4 is 4.72 Å². The molecule has 0 aliphatic heterocycles. The number of carbonyl (C=O) groups is 1. The van der Waals surface area contributed by atoms with Gasteiger partial charge in [-0.05, 0) is 141 Å². The monoisotopic (exact) mass is 525 g/mol. The number of aliphatic carboxylic acids is 1. The zero-order valence-corrected chi connectivity index (χ0v) is 23.6. The fourth-order valence-electron chi connectivity index (χ4n) is 9.60. The second kappa shape index (κ2) is 9.93. The molecule has 4 saturated carbocycles. The molecule has 4 aliphatic rings. The lowest BCUT2D eigenvalue weighted by atomic mass is 9.44. The van der Waals surface area contributed by atoms with Gasteiger partial charge < -0.3 is 5.11 Å². The molecular weight excluding hydrogens is 482 g/mol. The summed E-state index contributed by atoms with van der Waals surface area (Å²) in [5, 5.41) is 10.5. The third-order valence-corrected chi connectivity index (χ3v) is 13.7. The summed E-state index contributed by atoms with van der Waals surface area (Å²) in [5.41, 5.74) is 0.981. The molecule has 196 valence electrons. The van der Waals surface area contributed by atoms with Gasteiger partial charge in [0, 0.05) is 17.2 Å². The van der Waals surface area contributed by atoms with Crippen molar-refractivity contribution in [3.05, 3.63) is 30.3 Å². The number of nitrogens with one attached hydrogen (secondary N) is 1. The van der Waals surface area contributed by atoms with Crippen molar-refractivity contribution in [1.29, 1.82) is 0 Å². The normalized spacial score (nSPS) is 39.9. The lowest BCUT2D eigenvalue weighted by Crippen LogP contribution is -2.54. The molecule has 1 aromatic heterocycles. The van der Waals surface area contributed by atoms with Crippen LogP contribution in [0.2, 0.25) is 0 Å². The van der Waals surface area contributed by atoms with Crippen molar-refractivity contribution >= 4 is 39.3 Å². The lowest BCUT2D eigenvalue weighted by Gasteiger charge is -2.61. The maximum Gasteiger partial charge on any atom is 0.303 e. The van der Waals surface area contributed by atoms with Gasteiger partial charge in [-0.25, -0.2) is 0 Å². The van der Waals surface area contributed by atoms with Crippen LogP contribution in [0.15, 0.2) is 34.5 Å². The number of hydrogen-bond donors (Lipinski definition) is 2. The van der Waals surface area contributed by atoms with Crippen molar-refractivity contribution in [2.45, 2.75) is 101 Å². The maximum absolute atomic E-state index is 11.1. The topological polar surface area (TPSA) is 49.3 Å². The van der Waals surface area contributed by atoms with Gasteiger partial charge in [-0.3, -0.25) is 9.52 Å². The Hall–Kier alpha value is -1.04. The van der Waals surface area contributed by atoms with E-state index < -0.39 is 5.97 Å². The Morgan fingerprint density at radius 3 is 2.69 bits per heavy atom. The quantitative estimate of drug-likeness (QED) is 0.355. The van der Waals surface area contributed by atoms with Gasteiger partial charge in [0.25, 0.3) is 0 Å². The van der Waals surface area contributed by atoms with Crippen molar-refractivity contribution in [2.24, 2.45) is 40.4 Å². The van der Waals surface area contributed by atoms with Crippen molar-refractivity contribution in [1.82, 2.24) is 4.72 Å². The van der Waals surface area contributed by atoms with Gasteiger partial charge in [0.05, 0.1) is 4.21 Å².